The SMILES string of the molecule is Cc1ccc(-c2cc(CN3CCC[C@H](O)C3)cc(NC(=O)c3cc(Cl)c(C)cn3)c2)cn1. The van der Waals surface area contributed by atoms with E-state index in [1.165, 1.54) is 0 Å². The van der Waals surface area contributed by atoms with Gasteiger partial charge in [0.15, 0.2) is 0 Å². The van der Waals surface area contributed by atoms with Crippen LogP contribution in [0.2, 0.25) is 5.02 Å². The number of rotatable bonds is 5. The maximum Gasteiger partial charge on any atom is 0.274 e. The molecule has 0 bridgehead atoms. The highest BCUT2D eigenvalue weighted by atomic mass is 35.5. The average molecular weight is 451 g/mol. The Morgan fingerprint density at radius 2 is 2.00 bits per heavy atom. The van der Waals surface area contributed by atoms with Crippen molar-refractivity contribution in [1.82, 2.24) is 14.9 Å². The van der Waals surface area contributed by atoms with Gasteiger partial charge < -0.3 is 10.4 Å². The van der Waals surface area contributed by atoms with Gasteiger partial charge in [0.2, 0.25) is 0 Å². The maximum absolute atomic E-state index is 12.8. The summed E-state index contributed by atoms with van der Waals surface area (Å²) in [6.07, 6.45) is 4.97. The molecular weight excluding hydrogens is 424 g/mol. The summed E-state index contributed by atoms with van der Waals surface area (Å²) in [7, 11) is 0. The Morgan fingerprint density at radius 3 is 2.72 bits per heavy atom. The van der Waals surface area contributed by atoms with Crippen LogP contribution in [0.3, 0.4) is 0 Å². The third-order valence-electron chi connectivity index (χ3n) is 5.65. The van der Waals surface area contributed by atoms with Gasteiger partial charge in [-0.2, -0.15) is 0 Å². The first-order valence-electron chi connectivity index (χ1n) is 10.8. The predicted octanol–water partition coefficient (Wildman–Crippen LogP) is 4.62. The molecule has 166 valence electrons. The molecule has 1 saturated heterocycles. The summed E-state index contributed by atoms with van der Waals surface area (Å²) in [4.78, 5) is 23.7. The van der Waals surface area contributed by atoms with E-state index in [2.05, 4.69) is 26.3 Å². The molecule has 0 spiro atoms. The zero-order valence-electron chi connectivity index (χ0n) is 18.3. The largest absolute Gasteiger partial charge is 0.392 e. The number of halogens is 1. The first-order valence-corrected chi connectivity index (χ1v) is 11.2. The first kappa shape index (κ1) is 22.4. The maximum atomic E-state index is 12.8. The Hall–Kier alpha value is -2.80. The second-order valence-electron chi connectivity index (χ2n) is 8.41. The van der Waals surface area contributed by atoms with Crippen LogP contribution in [-0.4, -0.2) is 45.1 Å². The molecule has 3 aromatic rings. The Balaban J connectivity index is 1.63. The third-order valence-corrected chi connectivity index (χ3v) is 6.06. The van der Waals surface area contributed by atoms with Crippen molar-refractivity contribution in [3.63, 3.8) is 0 Å². The lowest BCUT2D eigenvalue weighted by Crippen LogP contribution is -2.37. The van der Waals surface area contributed by atoms with E-state index in [1.54, 1.807) is 12.3 Å². The quantitative estimate of drug-likeness (QED) is 0.592. The molecular formula is C25H27ClN4O2. The van der Waals surface area contributed by atoms with E-state index in [4.69, 9.17) is 11.6 Å². The molecule has 0 aliphatic carbocycles. The summed E-state index contributed by atoms with van der Waals surface area (Å²) in [5, 5.41) is 13.5. The minimum atomic E-state index is -0.314. The smallest absolute Gasteiger partial charge is 0.274 e. The molecule has 2 aromatic heterocycles. The summed E-state index contributed by atoms with van der Waals surface area (Å²) in [5.74, 6) is -0.314. The van der Waals surface area contributed by atoms with Crippen LogP contribution >= 0.6 is 11.6 Å². The fraction of sp³-hybridized carbons (Fsp3) is 0.320. The van der Waals surface area contributed by atoms with Crippen LogP contribution in [0.1, 0.15) is 40.2 Å². The monoisotopic (exact) mass is 450 g/mol. The Labute approximate surface area is 193 Å². The third kappa shape index (κ3) is 5.51. The van der Waals surface area contributed by atoms with Crippen LogP contribution in [0.4, 0.5) is 5.69 Å². The number of amides is 1. The number of aromatic nitrogens is 2. The number of nitrogens with one attached hydrogen (secondary N) is 1. The number of pyridine rings is 2. The summed E-state index contributed by atoms with van der Waals surface area (Å²) in [6.45, 7) is 6.10. The number of hydrogen-bond acceptors (Lipinski definition) is 5. The molecule has 2 N–H and O–H groups in total. The number of anilines is 1. The molecule has 1 fully saturated rings. The van der Waals surface area contributed by atoms with Crippen molar-refractivity contribution < 1.29 is 9.90 Å². The number of aliphatic hydroxyl groups is 1. The van der Waals surface area contributed by atoms with Crippen LogP contribution in [0, 0.1) is 13.8 Å². The van der Waals surface area contributed by atoms with E-state index in [-0.39, 0.29) is 17.7 Å². The number of aryl methyl sites for hydroxylation is 2. The van der Waals surface area contributed by atoms with Crippen molar-refractivity contribution in [2.45, 2.75) is 39.3 Å². The molecule has 7 heteroatoms. The number of nitrogens with zero attached hydrogens (tertiary/aromatic N) is 3. The van der Waals surface area contributed by atoms with E-state index >= 15 is 0 Å². The molecule has 1 aromatic carbocycles. The lowest BCUT2D eigenvalue weighted by Gasteiger charge is -2.30. The normalized spacial score (nSPS) is 16.7. The summed E-state index contributed by atoms with van der Waals surface area (Å²) < 4.78 is 0. The van der Waals surface area contributed by atoms with Gasteiger partial charge in [0.25, 0.3) is 5.91 Å². The predicted molar refractivity (Wildman–Crippen MR) is 127 cm³/mol. The van der Waals surface area contributed by atoms with Crippen LogP contribution < -0.4 is 5.32 Å². The summed E-state index contributed by atoms with van der Waals surface area (Å²) in [5.41, 5.74) is 5.72. The van der Waals surface area contributed by atoms with Crippen molar-refractivity contribution in [3.8, 4) is 11.1 Å². The molecule has 0 saturated carbocycles. The molecule has 3 heterocycles. The number of carbonyl (C=O) groups is 1. The van der Waals surface area contributed by atoms with Crippen molar-refractivity contribution in [1.29, 1.82) is 0 Å². The highest BCUT2D eigenvalue weighted by Crippen LogP contribution is 2.27. The lowest BCUT2D eigenvalue weighted by atomic mass is 10.0. The van der Waals surface area contributed by atoms with Gasteiger partial charge >= 0.3 is 0 Å². The standard InChI is InChI=1S/C25H27ClN4O2/c1-16-12-28-24(11-23(16)26)25(32)29-21-9-18(14-30-7-3-4-22(31)15-30)8-20(10-21)19-6-5-17(2)27-13-19/h5-6,8-13,22,31H,3-4,7,14-15H2,1-2H3,(H,29,32)/t22-/m0/s1. The van der Waals surface area contributed by atoms with Crippen molar-refractivity contribution >= 4 is 23.2 Å². The van der Waals surface area contributed by atoms with Crippen LogP contribution in [-0.2, 0) is 6.54 Å². The molecule has 32 heavy (non-hydrogen) atoms. The number of aliphatic hydroxyl groups excluding tert-OH is 1. The number of β-amino-alcohol motifs (C(OH)–C–C–N with tert-alkyl or cyclic N) is 1. The molecule has 1 aliphatic rings. The van der Waals surface area contributed by atoms with Gasteiger partial charge in [0.05, 0.1) is 6.10 Å². The zero-order chi connectivity index (χ0) is 22.7. The van der Waals surface area contributed by atoms with Gasteiger partial charge in [-0.25, -0.2) is 0 Å². The van der Waals surface area contributed by atoms with Crippen LogP contribution in [0.15, 0.2) is 48.8 Å². The van der Waals surface area contributed by atoms with Gasteiger partial charge in [0, 0.05) is 47.5 Å². The molecule has 1 amide bonds. The fourth-order valence-corrected chi connectivity index (χ4v) is 4.06. The van der Waals surface area contributed by atoms with Crippen molar-refractivity contribution in [3.05, 3.63) is 76.3 Å². The summed E-state index contributed by atoms with van der Waals surface area (Å²) in [6, 6.07) is 11.6. The van der Waals surface area contributed by atoms with Gasteiger partial charge in [-0.1, -0.05) is 17.7 Å². The Bertz CT molecular complexity index is 1120. The Kier molecular flexibility index (Phi) is 6.84. The van der Waals surface area contributed by atoms with E-state index in [0.29, 0.717) is 23.8 Å². The number of piperidine rings is 1. The van der Waals surface area contributed by atoms with Crippen LogP contribution in [0.5, 0.6) is 0 Å². The van der Waals surface area contributed by atoms with E-state index < -0.39 is 0 Å². The number of hydrogen-bond donors (Lipinski definition) is 2. The lowest BCUT2D eigenvalue weighted by molar-refractivity contribution is 0.0668. The number of carbonyl (C=O) groups excluding carboxylic acids is 1. The molecule has 1 atom stereocenters. The second-order valence-corrected chi connectivity index (χ2v) is 8.82. The van der Waals surface area contributed by atoms with E-state index in [0.717, 1.165) is 47.3 Å². The van der Waals surface area contributed by atoms with E-state index in [9.17, 15) is 9.90 Å². The van der Waals surface area contributed by atoms with Gasteiger partial charge in [-0.3, -0.25) is 19.7 Å². The highest BCUT2D eigenvalue weighted by Gasteiger charge is 2.18. The zero-order valence-corrected chi connectivity index (χ0v) is 19.1. The highest BCUT2D eigenvalue weighted by molar-refractivity contribution is 6.31. The van der Waals surface area contributed by atoms with Crippen molar-refractivity contribution in [2.24, 2.45) is 0 Å². The van der Waals surface area contributed by atoms with E-state index in [1.807, 2.05) is 44.3 Å². The minimum absolute atomic E-state index is 0.267. The van der Waals surface area contributed by atoms with Crippen LogP contribution in [0.25, 0.3) is 11.1 Å². The molecule has 4 rings (SSSR count). The van der Waals surface area contributed by atoms with Gasteiger partial charge in [0.1, 0.15) is 5.69 Å². The second kappa shape index (κ2) is 9.77. The number of benzene rings is 1. The molecule has 1 aliphatic heterocycles. The molecule has 0 unspecified atom stereocenters. The Morgan fingerprint density at radius 1 is 1.16 bits per heavy atom. The first-order chi connectivity index (χ1) is 15.4. The minimum Gasteiger partial charge on any atom is -0.392 e. The van der Waals surface area contributed by atoms with Gasteiger partial charge in [-0.15, -0.1) is 0 Å². The number of likely N-dealkylation sites (tertiary alicyclic amines) is 1. The van der Waals surface area contributed by atoms with Crippen molar-refractivity contribution in [2.75, 3.05) is 18.4 Å². The molecule has 0 radical (unpaired) electrons. The average Bonchev–Trinajstić information content (AvgIpc) is 2.76. The fourth-order valence-electron chi connectivity index (χ4n) is 3.91. The summed E-state index contributed by atoms with van der Waals surface area (Å²) >= 11 is 6.17. The molecule has 6 nitrogen and oxygen atoms in total. The topological polar surface area (TPSA) is 78.4 Å². The van der Waals surface area contributed by atoms with Gasteiger partial charge in [-0.05, 0) is 80.3 Å².